The van der Waals surface area contributed by atoms with Crippen molar-refractivity contribution in [1.82, 2.24) is 15.1 Å². The van der Waals surface area contributed by atoms with E-state index in [-0.39, 0.29) is 43.1 Å². The van der Waals surface area contributed by atoms with Gasteiger partial charge in [0.2, 0.25) is 11.8 Å². The smallest absolute Gasteiger partial charge is 0.261 e. The number of methoxy groups -OCH3 is 1. The summed E-state index contributed by atoms with van der Waals surface area (Å²) in [5.74, 6) is -0.489. The first kappa shape index (κ1) is 24.0. The van der Waals surface area contributed by atoms with Gasteiger partial charge in [0.1, 0.15) is 11.8 Å². The minimum absolute atomic E-state index is 0.0983. The summed E-state index contributed by atoms with van der Waals surface area (Å²) in [5, 5.41) is 2.76. The number of benzene rings is 2. The molecule has 0 radical (unpaired) electrons. The lowest BCUT2D eigenvalue weighted by Gasteiger charge is -2.29. The summed E-state index contributed by atoms with van der Waals surface area (Å²) in [5.41, 5.74) is 1.61. The van der Waals surface area contributed by atoms with E-state index in [9.17, 15) is 19.2 Å². The summed E-state index contributed by atoms with van der Waals surface area (Å²) in [4.78, 5) is 53.4. The van der Waals surface area contributed by atoms with E-state index >= 15 is 0 Å². The van der Waals surface area contributed by atoms with Gasteiger partial charge >= 0.3 is 0 Å². The van der Waals surface area contributed by atoms with E-state index in [0.29, 0.717) is 29.8 Å². The summed E-state index contributed by atoms with van der Waals surface area (Å²) in [6.45, 7) is 4.35. The zero-order valence-electron chi connectivity index (χ0n) is 19.2. The van der Waals surface area contributed by atoms with E-state index in [1.807, 2.05) is 31.2 Å². The quantitative estimate of drug-likeness (QED) is 0.560. The molecule has 1 aliphatic heterocycles. The second kappa shape index (κ2) is 10.8. The predicted molar refractivity (Wildman–Crippen MR) is 123 cm³/mol. The zero-order valence-corrected chi connectivity index (χ0v) is 19.2. The molecule has 33 heavy (non-hydrogen) atoms. The second-order valence-corrected chi connectivity index (χ2v) is 7.85. The lowest BCUT2D eigenvalue weighted by molar-refractivity contribution is -0.140. The fraction of sp³-hybridized carbons (Fsp3) is 0.360. The SMILES string of the molecule is CCNC(=O)[C@@H](C)N(Cc1cccc(OC)c1)C(=O)CCCN1C(=O)c2ccccc2C1=O. The first-order valence-electron chi connectivity index (χ1n) is 11.0. The molecule has 8 nitrogen and oxygen atoms in total. The van der Waals surface area contributed by atoms with Crippen LogP contribution in [0.2, 0.25) is 0 Å². The number of nitrogens with one attached hydrogen (secondary N) is 1. The molecule has 8 heteroatoms. The average Bonchev–Trinajstić information content (AvgIpc) is 3.07. The summed E-state index contributed by atoms with van der Waals surface area (Å²) in [6, 6.07) is 13.3. The first-order chi connectivity index (χ1) is 15.9. The van der Waals surface area contributed by atoms with Crippen molar-refractivity contribution in [3.63, 3.8) is 0 Å². The Balaban J connectivity index is 1.67. The van der Waals surface area contributed by atoms with Crippen molar-refractivity contribution in [1.29, 1.82) is 0 Å². The van der Waals surface area contributed by atoms with Gasteiger partial charge in [-0.25, -0.2) is 0 Å². The Morgan fingerprint density at radius 1 is 1.06 bits per heavy atom. The standard InChI is InChI=1S/C25H29N3O5/c1-4-26-23(30)17(2)28(16-18-9-7-10-19(15-18)33-3)22(29)13-8-14-27-24(31)20-11-5-6-12-21(20)25(27)32/h5-7,9-12,15,17H,4,8,13-14,16H2,1-3H3,(H,26,30)/t17-/m1/s1. The van der Waals surface area contributed by atoms with Crippen molar-refractivity contribution in [2.75, 3.05) is 20.2 Å². The first-order valence-corrected chi connectivity index (χ1v) is 11.0. The Morgan fingerprint density at radius 3 is 2.33 bits per heavy atom. The van der Waals surface area contributed by atoms with Crippen LogP contribution in [0.4, 0.5) is 0 Å². The normalized spacial score (nSPS) is 13.5. The van der Waals surface area contributed by atoms with Crippen molar-refractivity contribution in [3.05, 3.63) is 65.2 Å². The van der Waals surface area contributed by atoms with E-state index in [1.54, 1.807) is 38.3 Å². The number of likely N-dealkylation sites (N-methyl/N-ethyl adjacent to an activating group) is 1. The van der Waals surface area contributed by atoms with E-state index in [2.05, 4.69) is 5.32 Å². The number of hydrogen-bond donors (Lipinski definition) is 1. The Labute approximate surface area is 193 Å². The summed E-state index contributed by atoms with van der Waals surface area (Å²) in [7, 11) is 1.57. The van der Waals surface area contributed by atoms with Gasteiger partial charge in [-0.2, -0.15) is 0 Å². The molecule has 2 aromatic rings. The Hall–Kier alpha value is -3.68. The van der Waals surface area contributed by atoms with E-state index in [0.717, 1.165) is 5.56 Å². The zero-order chi connectivity index (χ0) is 24.0. The fourth-order valence-electron chi connectivity index (χ4n) is 3.85. The van der Waals surface area contributed by atoms with Crippen LogP contribution in [0.25, 0.3) is 0 Å². The molecule has 1 N–H and O–H groups in total. The van der Waals surface area contributed by atoms with Gasteiger partial charge in [-0.05, 0) is 50.1 Å². The second-order valence-electron chi connectivity index (χ2n) is 7.85. The molecule has 2 aromatic carbocycles. The van der Waals surface area contributed by atoms with Crippen LogP contribution in [0.5, 0.6) is 5.75 Å². The number of carbonyl (C=O) groups is 4. The molecule has 0 aliphatic carbocycles. The van der Waals surface area contributed by atoms with Crippen molar-refractivity contribution in [2.45, 2.75) is 39.3 Å². The number of rotatable bonds is 10. The molecule has 1 atom stereocenters. The highest BCUT2D eigenvalue weighted by Gasteiger charge is 2.35. The van der Waals surface area contributed by atoms with Crippen LogP contribution >= 0.6 is 0 Å². The van der Waals surface area contributed by atoms with Gasteiger partial charge in [0, 0.05) is 26.1 Å². The van der Waals surface area contributed by atoms with Gasteiger partial charge in [-0.1, -0.05) is 24.3 Å². The minimum atomic E-state index is -0.678. The number of ether oxygens (including phenoxy) is 1. The third-order valence-electron chi connectivity index (χ3n) is 5.66. The average molecular weight is 452 g/mol. The Morgan fingerprint density at radius 2 is 1.73 bits per heavy atom. The third kappa shape index (κ3) is 5.39. The molecule has 174 valence electrons. The maximum atomic E-state index is 13.1. The summed E-state index contributed by atoms with van der Waals surface area (Å²) in [6.07, 6.45) is 0.405. The third-order valence-corrected chi connectivity index (χ3v) is 5.66. The van der Waals surface area contributed by atoms with Crippen LogP contribution in [-0.2, 0) is 16.1 Å². The monoisotopic (exact) mass is 451 g/mol. The number of hydrogen-bond acceptors (Lipinski definition) is 5. The number of nitrogens with zero attached hydrogens (tertiary/aromatic N) is 2. The molecule has 0 saturated carbocycles. The molecule has 0 saturated heterocycles. The van der Waals surface area contributed by atoms with Gasteiger partial charge in [-0.3, -0.25) is 24.1 Å². The van der Waals surface area contributed by atoms with Gasteiger partial charge < -0.3 is 15.0 Å². The molecular weight excluding hydrogens is 422 g/mol. The van der Waals surface area contributed by atoms with Crippen LogP contribution in [0, 0.1) is 0 Å². The molecule has 0 fully saturated rings. The van der Waals surface area contributed by atoms with Crippen molar-refractivity contribution in [2.24, 2.45) is 0 Å². The molecule has 0 bridgehead atoms. The molecule has 4 amide bonds. The molecule has 0 aromatic heterocycles. The van der Waals surface area contributed by atoms with Crippen molar-refractivity contribution >= 4 is 23.6 Å². The molecular formula is C25H29N3O5. The molecule has 1 aliphatic rings. The van der Waals surface area contributed by atoms with E-state index in [4.69, 9.17) is 4.74 Å². The molecule has 1 heterocycles. The van der Waals surface area contributed by atoms with Crippen LogP contribution < -0.4 is 10.1 Å². The van der Waals surface area contributed by atoms with Gasteiger partial charge in [-0.15, -0.1) is 0 Å². The number of amides is 4. The Kier molecular flexibility index (Phi) is 7.82. The molecule has 0 unspecified atom stereocenters. The van der Waals surface area contributed by atoms with Crippen LogP contribution in [-0.4, -0.2) is 59.7 Å². The maximum absolute atomic E-state index is 13.1. The predicted octanol–water partition coefficient (Wildman–Crippen LogP) is 2.62. The number of fused-ring (bicyclic) bond motifs is 1. The Bertz CT molecular complexity index is 1020. The van der Waals surface area contributed by atoms with Crippen LogP contribution in [0.15, 0.2) is 48.5 Å². The largest absolute Gasteiger partial charge is 0.497 e. The highest BCUT2D eigenvalue weighted by Crippen LogP contribution is 2.23. The van der Waals surface area contributed by atoms with Crippen LogP contribution in [0.1, 0.15) is 53.0 Å². The van der Waals surface area contributed by atoms with Gasteiger partial charge in [0.25, 0.3) is 11.8 Å². The lowest BCUT2D eigenvalue weighted by atomic mass is 10.1. The van der Waals surface area contributed by atoms with Crippen LogP contribution in [0.3, 0.4) is 0 Å². The topological polar surface area (TPSA) is 96.0 Å². The number of carbonyl (C=O) groups excluding carboxylic acids is 4. The highest BCUT2D eigenvalue weighted by molar-refractivity contribution is 6.21. The minimum Gasteiger partial charge on any atom is -0.497 e. The molecule has 3 rings (SSSR count). The van der Waals surface area contributed by atoms with E-state index in [1.165, 1.54) is 9.80 Å². The van der Waals surface area contributed by atoms with Crippen molar-refractivity contribution < 1.29 is 23.9 Å². The molecule has 0 spiro atoms. The summed E-state index contributed by atoms with van der Waals surface area (Å²) >= 11 is 0. The lowest BCUT2D eigenvalue weighted by Crippen LogP contribution is -2.47. The van der Waals surface area contributed by atoms with Gasteiger partial charge in [0.15, 0.2) is 0 Å². The van der Waals surface area contributed by atoms with Crippen molar-refractivity contribution in [3.8, 4) is 5.75 Å². The van der Waals surface area contributed by atoms with Gasteiger partial charge in [0.05, 0.1) is 18.2 Å². The highest BCUT2D eigenvalue weighted by atomic mass is 16.5. The number of imide groups is 1. The summed E-state index contributed by atoms with van der Waals surface area (Å²) < 4.78 is 5.26. The fourth-order valence-corrected chi connectivity index (χ4v) is 3.85. The van der Waals surface area contributed by atoms with E-state index < -0.39 is 6.04 Å². The maximum Gasteiger partial charge on any atom is 0.261 e.